The molecule has 3 heteroatoms. The molecule has 0 spiro atoms. The van der Waals surface area contributed by atoms with Crippen LogP contribution in [0.15, 0.2) is 60.7 Å². The van der Waals surface area contributed by atoms with Gasteiger partial charge in [-0.25, -0.2) is 0 Å². The van der Waals surface area contributed by atoms with Crippen LogP contribution in [0.4, 0.5) is 0 Å². The van der Waals surface area contributed by atoms with E-state index in [0.717, 1.165) is 16.9 Å². The summed E-state index contributed by atoms with van der Waals surface area (Å²) in [4.78, 5) is 3.50. The third-order valence-corrected chi connectivity index (χ3v) is 3.87. The number of aromatic amines is 1. The number of methoxy groups -OCH3 is 1. The molecule has 1 N–H and O–H groups in total. The van der Waals surface area contributed by atoms with Crippen LogP contribution >= 0.6 is 0 Å². The van der Waals surface area contributed by atoms with E-state index in [9.17, 15) is 0 Å². The van der Waals surface area contributed by atoms with E-state index in [1.54, 1.807) is 7.11 Å². The molecule has 0 saturated carbocycles. The lowest BCUT2D eigenvalue weighted by Gasteiger charge is -2.08. The molecule has 0 atom stereocenters. The normalized spacial score (nSPS) is 11.5. The summed E-state index contributed by atoms with van der Waals surface area (Å²) < 4.78 is 7.57. The van der Waals surface area contributed by atoms with Crippen molar-refractivity contribution in [2.45, 2.75) is 6.73 Å². The molecule has 0 unspecified atom stereocenters. The predicted octanol–water partition coefficient (Wildman–Crippen LogP) is 4.39. The van der Waals surface area contributed by atoms with Gasteiger partial charge in [0.2, 0.25) is 0 Å². The van der Waals surface area contributed by atoms with Gasteiger partial charge in [0.25, 0.3) is 0 Å². The van der Waals surface area contributed by atoms with Gasteiger partial charge in [0.1, 0.15) is 6.73 Å². The van der Waals surface area contributed by atoms with Gasteiger partial charge < -0.3 is 14.3 Å². The molecule has 0 radical (unpaired) electrons. The summed E-state index contributed by atoms with van der Waals surface area (Å²) in [5, 5.41) is 2.45. The Morgan fingerprint density at radius 3 is 2.52 bits per heavy atom. The second-order valence-electron chi connectivity index (χ2n) is 5.20. The summed E-state index contributed by atoms with van der Waals surface area (Å²) in [5.41, 5.74) is 4.61. The van der Waals surface area contributed by atoms with E-state index >= 15 is 0 Å². The molecule has 0 aliphatic heterocycles. The van der Waals surface area contributed by atoms with Crippen molar-refractivity contribution in [3.63, 3.8) is 0 Å². The molecule has 21 heavy (non-hydrogen) atoms. The van der Waals surface area contributed by atoms with Crippen LogP contribution in [0.5, 0.6) is 0 Å². The average Bonchev–Trinajstić information content (AvgIpc) is 3.09. The highest BCUT2D eigenvalue weighted by molar-refractivity contribution is 5.90. The average molecular weight is 276 g/mol. The first-order valence-electron chi connectivity index (χ1n) is 7.02. The Morgan fingerprint density at radius 1 is 0.952 bits per heavy atom. The van der Waals surface area contributed by atoms with Crippen molar-refractivity contribution < 1.29 is 4.74 Å². The Labute approximate surface area is 122 Å². The number of nitrogens with zero attached hydrogens (tertiary/aromatic N) is 1. The lowest BCUT2D eigenvalue weighted by Crippen LogP contribution is -2.01. The standard InChI is InChI=1S/C18H16N2O/c1-21-12-20-17-9-5-3-7-14(17)11-18(20)16-10-13-6-2-4-8-15(13)19-16/h2-11,19H,12H2,1H3. The van der Waals surface area contributed by atoms with Gasteiger partial charge in [0, 0.05) is 23.4 Å². The zero-order chi connectivity index (χ0) is 14.2. The first kappa shape index (κ1) is 12.2. The van der Waals surface area contributed by atoms with Gasteiger partial charge in [-0.05, 0) is 24.3 Å². The third-order valence-electron chi connectivity index (χ3n) is 3.87. The Hall–Kier alpha value is -2.52. The summed E-state index contributed by atoms with van der Waals surface area (Å²) in [6, 6.07) is 21.1. The van der Waals surface area contributed by atoms with Crippen LogP contribution in [0.1, 0.15) is 0 Å². The third kappa shape index (κ3) is 1.94. The van der Waals surface area contributed by atoms with Crippen LogP contribution in [-0.4, -0.2) is 16.7 Å². The van der Waals surface area contributed by atoms with Crippen LogP contribution in [-0.2, 0) is 11.5 Å². The van der Waals surface area contributed by atoms with E-state index in [1.807, 2.05) is 6.07 Å². The largest absolute Gasteiger partial charge is 0.364 e. The molecule has 104 valence electrons. The Bertz CT molecular complexity index is 884. The highest BCUT2D eigenvalue weighted by Crippen LogP contribution is 2.30. The summed E-state index contributed by atoms with van der Waals surface area (Å²) in [7, 11) is 1.73. The number of hydrogen-bond donors (Lipinski definition) is 1. The molecular weight excluding hydrogens is 260 g/mol. The maximum atomic E-state index is 5.38. The van der Waals surface area contributed by atoms with Crippen molar-refractivity contribution in [1.82, 2.24) is 9.55 Å². The number of ether oxygens (including phenoxy) is 1. The predicted molar refractivity (Wildman–Crippen MR) is 86.2 cm³/mol. The second-order valence-corrected chi connectivity index (χ2v) is 5.20. The van der Waals surface area contributed by atoms with Gasteiger partial charge in [-0.3, -0.25) is 0 Å². The summed E-state index contributed by atoms with van der Waals surface area (Å²) >= 11 is 0. The molecule has 4 aromatic rings. The number of aromatic nitrogens is 2. The van der Waals surface area contributed by atoms with Crippen molar-refractivity contribution in [2.75, 3.05) is 7.11 Å². The number of fused-ring (bicyclic) bond motifs is 2. The van der Waals surface area contributed by atoms with Crippen molar-refractivity contribution in [2.24, 2.45) is 0 Å². The molecule has 3 nitrogen and oxygen atoms in total. The molecule has 0 fully saturated rings. The first-order chi connectivity index (χ1) is 10.4. The molecule has 0 amide bonds. The van der Waals surface area contributed by atoms with Gasteiger partial charge in [-0.15, -0.1) is 0 Å². The summed E-state index contributed by atoms with van der Waals surface area (Å²) in [6.45, 7) is 0.540. The number of H-pyrrole nitrogens is 1. The molecule has 0 saturated heterocycles. The van der Waals surface area contributed by atoms with Gasteiger partial charge in [0.15, 0.2) is 0 Å². The smallest absolute Gasteiger partial charge is 0.123 e. The van der Waals surface area contributed by atoms with Gasteiger partial charge in [0.05, 0.1) is 16.9 Å². The maximum Gasteiger partial charge on any atom is 0.123 e. The van der Waals surface area contributed by atoms with Crippen molar-refractivity contribution in [1.29, 1.82) is 0 Å². The molecule has 4 rings (SSSR count). The minimum absolute atomic E-state index is 0.540. The molecular formula is C18H16N2O. The Kier molecular flexibility index (Phi) is 2.79. The number of benzene rings is 2. The van der Waals surface area contributed by atoms with Crippen LogP contribution in [0.2, 0.25) is 0 Å². The summed E-state index contributed by atoms with van der Waals surface area (Å²) in [5.74, 6) is 0. The van der Waals surface area contributed by atoms with Crippen molar-refractivity contribution in [3.05, 3.63) is 60.7 Å². The fourth-order valence-corrected chi connectivity index (χ4v) is 2.91. The highest BCUT2D eigenvalue weighted by atomic mass is 16.5. The Balaban J connectivity index is 1.98. The molecule has 0 aliphatic carbocycles. The minimum atomic E-state index is 0.540. The fraction of sp³-hybridized carbons (Fsp3) is 0.111. The number of nitrogens with one attached hydrogen (secondary N) is 1. The SMILES string of the molecule is COCn1c(-c2cc3ccccc3[nH]2)cc2ccccc21. The van der Waals surface area contributed by atoms with Crippen LogP contribution in [0.3, 0.4) is 0 Å². The molecule has 2 heterocycles. The van der Waals surface area contributed by atoms with Crippen molar-refractivity contribution in [3.8, 4) is 11.4 Å². The fourth-order valence-electron chi connectivity index (χ4n) is 2.91. The van der Waals surface area contributed by atoms with Crippen LogP contribution < -0.4 is 0 Å². The van der Waals surface area contributed by atoms with Crippen LogP contribution in [0.25, 0.3) is 33.2 Å². The molecule has 0 aliphatic rings. The maximum absolute atomic E-state index is 5.38. The minimum Gasteiger partial charge on any atom is -0.364 e. The Morgan fingerprint density at radius 2 is 1.71 bits per heavy atom. The lowest BCUT2D eigenvalue weighted by molar-refractivity contribution is 0.136. The zero-order valence-electron chi connectivity index (χ0n) is 11.8. The second kappa shape index (κ2) is 4.79. The van der Waals surface area contributed by atoms with Gasteiger partial charge in [-0.1, -0.05) is 36.4 Å². The van der Waals surface area contributed by atoms with E-state index in [4.69, 9.17) is 4.74 Å². The van der Waals surface area contributed by atoms with E-state index in [1.165, 1.54) is 16.3 Å². The van der Waals surface area contributed by atoms with E-state index in [0.29, 0.717) is 6.73 Å². The van der Waals surface area contributed by atoms with E-state index < -0.39 is 0 Å². The summed E-state index contributed by atoms with van der Waals surface area (Å²) in [6.07, 6.45) is 0. The van der Waals surface area contributed by atoms with E-state index in [-0.39, 0.29) is 0 Å². The van der Waals surface area contributed by atoms with Crippen LogP contribution in [0, 0.1) is 0 Å². The monoisotopic (exact) mass is 276 g/mol. The van der Waals surface area contributed by atoms with E-state index in [2.05, 4.69) is 64.1 Å². The van der Waals surface area contributed by atoms with Gasteiger partial charge >= 0.3 is 0 Å². The van der Waals surface area contributed by atoms with Crippen molar-refractivity contribution >= 4 is 21.8 Å². The van der Waals surface area contributed by atoms with Gasteiger partial charge in [-0.2, -0.15) is 0 Å². The molecule has 2 aromatic carbocycles. The molecule has 2 aromatic heterocycles. The highest BCUT2D eigenvalue weighted by Gasteiger charge is 2.12. The first-order valence-corrected chi connectivity index (χ1v) is 7.02. The lowest BCUT2D eigenvalue weighted by atomic mass is 10.2. The zero-order valence-corrected chi connectivity index (χ0v) is 11.8. The topological polar surface area (TPSA) is 29.9 Å². The quantitative estimate of drug-likeness (QED) is 0.591. The molecule has 0 bridgehead atoms. The number of hydrogen-bond acceptors (Lipinski definition) is 1. The number of rotatable bonds is 3. The number of para-hydroxylation sites is 2.